The van der Waals surface area contributed by atoms with Gasteiger partial charge >= 0.3 is 0 Å². The third kappa shape index (κ3) is 3.65. The molecule has 0 N–H and O–H groups in total. The molecule has 0 radical (unpaired) electrons. The first-order chi connectivity index (χ1) is 8.31. The van der Waals surface area contributed by atoms with E-state index in [2.05, 4.69) is 53.6 Å². The number of hydrogen-bond acceptors (Lipinski definition) is 3. The molecule has 1 aromatic rings. The Morgan fingerprint density at radius 1 is 1.33 bits per heavy atom. The maximum absolute atomic E-state index is 6.15. The van der Waals surface area contributed by atoms with E-state index in [1.54, 1.807) is 7.11 Å². The van der Waals surface area contributed by atoms with E-state index in [9.17, 15) is 0 Å². The molecule has 1 atom stereocenters. The van der Waals surface area contributed by atoms with Gasteiger partial charge in [0.05, 0.1) is 10.2 Å². The Hall–Kier alpha value is -0.190. The minimum Gasteiger partial charge on any atom is -0.373 e. The summed E-state index contributed by atoms with van der Waals surface area (Å²) in [7, 11) is 1.68. The van der Waals surface area contributed by atoms with Gasteiger partial charge in [0.15, 0.2) is 5.82 Å². The van der Waals surface area contributed by atoms with Crippen molar-refractivity contribution in [1.82, 2.24) is 9.97 Å². The lowest BCUT2D eigenvalue weighted by atomic mass is 9.88. The van der Waals surface area contributed by atoms with Crippen LogP contribution in [0.2, 0.25) is 5.15 Å². The van der Waals surface area contributed by atoms with Crippen LogP contribution in [0.4, 0.5) is 0 Å². The van der Waals surface area contributed by atoms with Crippen LogP contribution in [-0.4, -0.2) is 17.1 Å². The second kappa shape index (κ2) is 6.31. The minimum absolute atomic E-state index is 0.0740. The molecule has 0 bridgehead atoms. The van der Waals surface area contributed by atoms with Gasteiger partial charge in [0.2, 0.25) is 0 Å². The second-order valence-electron chi connectivity index (χ2n) is 5.37. The monoisotopic (exact) mass is 334 g/mol. The van der Waals surface area contributed by atoms with Crippen LogP contribution in [0.3, 0.4) is 0 Å². The molecule has 0 amide bonds. The van der Waals surface area contributed by atoms with Gasteiger partial charge in [-0.05, 0) is 27.8 Å². The van der Waals surface area contributed by atoms with E-state index >= 15 is 0 Å². The van der Waals surface area contributed by atoms with Gasteiger partial charge in [0.1, 0.15) is 11.3 Å². The largest absolute Gasteiger partial charge is 0.373 e. The topological polar surface area (TPSA) is 35.0 Å². The van der Waals surface area contributed by atoms with Gasteiger partial charge in [-0.1, -0.05) is 45.7 Å². The zero-order chi connectivity index (χ0) is 13.9. The van der Waals surface area contributed by atoms with Crippen molar-refractivity contribution in [3.05, 3.63) is 21.1 Å². The highest BCUT2D eigenvalue weighted by Gasteiger charge is 2.29. The predicted molar refractivity (Wildman–Crippen MR) is 77.9 cm³/mol. The molecule has 1 aromatic heterocycles. The molecule has 3 nitrogen and oxygen atoms in total. The van der Waals surface area contributed by atoms with Crippen LogP contribution in [0, 0.1) is 5.41 Å². The minimum atomic E-state index is -0.168. The fraction of sp³-hybridized carbons (Fsp3) is 0.692. The van der Waals surface area contributed by atoms with Gasteiger partial charge in [0.25, 0.3) is 0 Å². The predicted octanol–water partition coefficient (Wildman–Crippen LogP) is 4.58. The summed E-state index contributed by atoms with van der Waals surface area (Å²) in [5, 5.41) is 0.453. The fourth-order valence-electron chi connectivity index (χ4n) is 1.85. The maximum Gasteiger partial charge on any atom is 0.159 e. The molecular weight excluding hydrogens is 316 g/mol. The van der Waals surface area contributed by atoms with E-state index in [0.29, 0.717) is 11.0 Å². The SMILES string of the molecule is CCCc1nc(C(OC)C(C)(C)C)nc(Cl)c1Br. The molecule has 0 aliphatic heterocycles. The molecule has 1 heterocycles. The third-order valence-electron chi connectivity index (χ3n) is 2.64. The third-order valence-corrected chi connectivity index (χ3v) is 3.98. The number of methoxy groups -OCH3 is 1. The fourth-order valence-corrected chi connectivity index (χ4v) is 2.42. The van der Waals surface area contributed by atoms with Crippen molar-refractivity contribution < 1.29 is 4.74 Å². The van der Waals surface area contributed by atoms with Crippen molar-refractivity contribution >= 4 is 27.5 Å². The van der Waals surface area contributed by atoms with E-state index in [0.717, 1.165) is 23.0 Å². The van der Waals surface area contributed by atoms with Gasteiger partial charge in [-0.2, -0.15) is 0 Å². The summed E-state index contributed by atoms with van der Waals surface area (Å²) in [5.74, 6) is 0.654. The van der Waals surface area contributed by atoms with E-state index in [1.165, 1.54) is 0 Å². The molecular formula is C13H20BrClN2O. The van der Waals surface area contributed by atoms with E-state index < -0.39 is 0 Å². The normalized spacial score (nSPS) is 13.7. The summed E-state index contributed by atoms with van der Waals surface area (Å²) in [6.07, 6.45) is 1.72. The highest BCUT2D eigenvalue weighted by Crippen LogP contribution is 2.35. The lowest BCUT2D eigenvalue weighted by molar-refractivity contribution is 0.00848. The smallest absolute Gasteiger partial charge is 0.159 e. The number of halogens is 2. The molecule has 1 unspecified atom stereocenters. The summed E-state index contributed by atoms with van der Waals surface area (Å²) in [4.78, 5) is 8.93. The van der Waals surface area contributed by atoms with E-state index in [-0.39, 0.29) is 11.5 Å². The molecule has 0 spiro atoms. The molecule has 18 heavy (non-hydrogen) atoms. The van der Waals surface area contributed by atoms with Crippen molar-refractivity contribution in [2.45, 2.75) is 46.6 Å². The molecule has 0 saturated heterocycles. The Morgan fingerprint density at radius 2 is 1.94 bits per heavy atom. The van der Waals surface area contributed by atoms with Crippen LogP contribution in [-0.2, 0) is 11.2 Å². The van der Waals surface area contributed by atoms with Gasteiger partial charge < -0.3 is 4.74 Å². The van der Waals surface area contributed by atoms with Crippen molar-refractivity contribution in [3.8, 4) is 0 Å². The Balaban J connectivity index is 3.24. The number of nitrogens with zero attached hydrogens (tertiary/aromatic N) is 2. The molecule has 0 aliphatic carbocycles. The molecule has 0 fully saturated rings. The van der Waals surface area contributed by atoms with E-state index in [4.69, 9.17) is 16.3 Å². The number of rotatable bonds is 4. The summed E-state index contributed by atoms with van der Waals surface area (Å²) >= 11 is 9.59. The van der Waals surface area contributed by atoms with Crippen LogP contribution < -0.4 is 0 Å². The number of ether oxygens (including phenoxy) is 1. The maximum atomic E-state index is 6.15. The Labute approximate surface area is 122 Å². The zero-order valence-electron chi connectivity index (χ0n) is 11.6. The van der Waals surface area contributed by atoms with Crippen molar-refractivity contribution in [2.75, 3.05) is 7.11 Å². The van der Waals surface area contributed by atoms with Crippen LogP contribution in [0.15, 0.2) is 4.47 Å². The first kappa shape index (κ1) is 15.9. The zero-order valence-corrected chi connectivity index (χ0v) is 13.9. The van der Waals surface area contributed by atoms with Crippen LogP contribution in [0.25, 0.3) is 0 Å². The van der Waals surface area contributed by atoms with Gasteiger partial charge in [-0.15, -0.1) is 0 Å². The first-order valence-electron chi connectivity index (χ1n) is 6.05. The summed E-state index contributed by atoms with van der Waals surface area (Å²) in [6.45, 7) is 8.40. The Morgan fingerprint density at radius 3 is 2.39 bits per heavy atom. The average Bonchev–Trinajstić information content (AvgIpc) is 2.24. The summed E-state index contributed by atoms with van der Waals surface area (Å²) in [5.41, 5.74) is 0.869. The average molecular weight is 336 g/mol. The standard InChI is InChI=1S/C13H20BrClN2O/c1-6-7-8-9(14)11(15)17-12(16-8)10(18-5)13(2,3)4/h10H,6-7H2,1-5H3. The molecule has 0 aliphatic rings. The van der Waals surface area contributed by atoms with Crippen molar-refractivity contribution in [3.63, 3.8) is 0 Å². The summed E-state index contributed by atoms with van der Waals surface area (Å²) < 4.78 is 6.32. The summed E-state index contributed by atoms with van der Waals surface area (Å²) in [6, 6.07) is 0. The lowest BCUT2D eigenvalue weighted by Gasteiger charge is -2.28. The molecule has 102 valence electrons. The van der Waals surface area contributed by atoms with Crippen LogP contribution >= 0.6 is 27.5 Å². The van der Waals surface area contributed by atoms with E-state index in [1.807, 2.05) is 0 Å². The lowest BCUT2D eigenvalue weighted by Crippen LogP contribution is -2.23. The number of aryl methyl sites for hydroxylation is 1. The Kier molecular flexibility index (Phi) is 5.56. The van der Waals surface area contributed by atoms with Gasteiger partial charge in [0, 0.05) is 7.11 Å². The van der Waals surface area contributed by atoms with Crippen LogP contribution in [0.5, 0.6) is 0 Å². The first-order valence-corrected chi connectivity index (χ1v) is 7.23. The van der Waals surface area contributed by atoms with Gasteiger partial charge in [-0.3, -0.25) is 0 Å². The molecule has 5 heteroatoms. The Bertz CT molecular complexity index is 418. The molecule has 1 rings (SSSR count). The van der Waals surface area contributed by atoms with Crippen molar-refractivity contribution in [1.29, 1.82) is 0 Å². The molecule has 0 saturated carbocycles. The molecule has 0 aromatic carbocycles. The van der Waals surface area contributed by atoms with Crippen LogP contribution in [0.1, 0.15) is 51.7 Å². The number of hydrogen-bond donors (Lipinski definition) is 0. The van der Waals surface area contributed by atoms with Crippen molar-refractivity contribution in [2.24, 2.45) is 5.41 Å². The number of aromatic nitrogens is 2. The van der Waals surface area contributed by atoms with Gasteiger partial charge in [-0.25, -0.2) is 9.97 Å². The highest BCUT2D eigenvalue weighted by molar-refractivity contribution is 9.10. The highest BCUT2D eigenvalue weighted by atomic mass is 79.9. The second-order valence-corrected chi connectivity index (χ2v) is 6.52. The quantitative estimate of drug-likeness (QED) is 0.755.